The molecule has 1 N–H and O–H groups in total. The molecule has 0 saturated heterocycles. The third-order valence-corrected chi connectivity index (χ3v) is 8.57. The number of pyridine rings is 1. The predicted molar refractivity (Wildman–Crippen MR) is 181 cm³/mol. The Hall–Kier alpha value is -3.38. The average Bonchev–Trinajstić information content (AvgIpc) is 3.22. The zero-order valence-corrected chi connectivity index (χ0v) is 28.3. The Bertz CT molecular complexity index is 1410. The molecule has 1 aliphatic rings. The van der Waals surface area contributed by atoms with Gasteiger partial charge in [-0.3, -0.25) is 4.79 Å². The molecule has 0 amide bonds. The fourth-order valence-corrected chi connectivity index (χ4v) is 6.11. The van der Waals surface area contributed by atoms with E-state index in [9.17, 15) is 4.79 Å². The molecule has 0 saturated carbocycles. The van der Waals surface area contributed by atoms with E-state index in [2.05, 4.69) is 93.4 Å². The van der Waals surface area contributed by atoms with Crippen molar-refractivity contribution in [3.63, 3.8) is 0 Å². The Morgan fingerprint density at radius 3 is 2.48 bits per heavy atom. The molecule has 1 atom stereocenters. The van der Waals surface area contributed by atoms with Gasteiger partial charge in [0.1, 0.15) is 23.8 Å². The number of carbonyl (C=O) groups is 1. The minimum absolute atomic E-state index is 0.117. The van der Waals surface area contributed by atoms with Crippen LogP contribution in [-0.4, -0.2) is 42.7 Å². The molecule has 2 heterocycles. The van der Waals surface area contributed by atoms with E-state index in [1.165, 1.54) is 22.3 Å². The topological polar surface area (TPSA) is 63.7 Å². The van der Waals surface area contributed by atoms with Crippen molar-refractivity contribution in [2.24, 2.45) is 11.8 Å². The Morgan fingerprint density at radius 2 is 1.75 bits per heavy atom. The number of hydrogen-bond acceptors (Lipinski definition) is 6. The van der Waals surface area contributed by atoms with Crippen molar-refractivity contribution < 1.29 is 14.3 Å². The second kappa shape index (κ2) is 15.1. The van der Waals surface area contributed by atoms with E-state index in [4.69, 9.17) is 14.5 Å². The lowest BCUT2D eigenvalue weighted by Gasteiger charge is -2.29. The van der Waals surface area contributed by atoms with Crippen LogP contribution in [0.25, 0.3) is 11.3 Å². The number of aromatic nitrogens is 1. The molecular formula is C38H53N3O3. The number of esters is 1. The van der Waals surface area contributed by atoms with Gasteiger partial charge in [-0.05, 0) is 125 Å². The largest absolute Gasteiger partial charge is 0.488 e. The van der Waals surface area contributed by atoms with Crippen LogP contribution >= 0.6 is 0 Å². The molecule has 6 heteroatoms. The number of para-hydroxylation sites is 1. The summed E-state index contributed by atoms with van der Waals surface area (Å²) < 4.78 is 12.4. The van der Waals surface area contributed by atoms with Crippen LogP contribution < -0.4 is 15.0 Å². The van der Waals surface area contributed by atoms with Crippen LogP contribution in [0.15, 0.2) is 48.5 Å². The maximum absolute atomic E-state index is 13.0. The van der Waals surface area contributed by atoms with E-state index in [0.717, 1.165) is 73.8 Å². The summed E-state index contributed by atoms with van der Waals surface area (Å²) in [5.74, 6) is 1.70. The first-order valence-corrected chi connectivity index (χ1v) is 16.5. The van der Waals surface area contributed by atoms with Gasteiger partial charge < -0.3 is 19.7 Å². The minimum Gasteiger partial charge on any atom is -0.488 e. The number of aryl methyl sites for hydroxylation is 1. The van der Waals surface area contributed by atoms with E-state index in [1.807, 2.05) is 20.8 Å². The normalized spacial score (nSPS) is 14.1. The summed E-state index contributed by atoms with van der Waals surface area (Å²) in [4.78, 5) is 20.5. The molecule has 0 aliphatic carbocycles. The lowest BCUT2D eigenvalue weighted by Crippen LogP contribution is -2.34. The van der Waals surface area contributed by atoms with Gasteiger partial charge in [0.05, 0.1) is 11.6 Å². The molecule has 1 aromatic heterocycles. The highest BCUT2D eigenvalue weighted by Crippen LogP contribution is 2.34. The van der Waals surface area contributed by atoms with Gasteiger partial charge in [0.2, 0.25) is 0 Å². The van der Waals surface area contributed by atoms with E-state index in [-0.39, 0.29) is 17.8 Å². The van der Waals surface area contributed by atoms with Crippen molar-refractivity contribution in [2.45, 2.75) is 93.3 Å². The number of carbonyl (C=O) groups excluding carboxylic acids is 1. The van der Waals surface area contributed by atoms with Gasteiger partial charge in [0.25, 0.3) is 0 Å². The first-order valence-electron chi connectivity index (χ1n) is 16.5. The van der Waals surface area contributed by atoms with Crippen LogP contribution in [0.1, 0.15) is 82.2 Å². The van der Waals surface area contributed by atoms with E-state index >= 15 is 0 Å². The van der Waals surface area contributed by atoms with Gasteiger partial charge in [0, 0.05) is 18.7 Å². The summed E-state index contributed by atoms with van der Waals surface area (Å²) >= 11 is 0. The zero-order valence-electron chi connectivity index (χ0n) is 28.3. The van der Waals surface area contributed by atoms with Crippen molar-refractivity contribution in [1.29, 1.82) is 0 Å². The van der Waals surface area contributed by atoms with Gasteiger partial charge in [-0.25, -0.2) is 4.98 Å². The van der Waals surface area contributed by atoms with E-state index < -0.39 is 5.60 Å². The molecule has 0 radical (unpaired) electrons. The minimum atomic E-state index is -0.494. The summed E-state index contributed by atoms with van der Waals surface area (Å²) in [5, 5.41) is 3.52. The van der Waals surface area contributed by atoms with Gasteiger partial charge in [0.15, 0.2) is 0 Å². The molecule has 238 valence electrons. The Balaban J connectivity index is 1.56. The Kier molecular flexibility index (Phi) is 11.5. The Labute approximate surface area is 265 Å². The smallest absolute Gasteiger partial charge is 0.309 e. The third kappa shape index (κ3) is 8.62. The molecular weight excluding hydrogens is 546 g/mol. The number of hydrogen-bond donors (Lipinski definition) is 1. The van der Waals surface area contributed by atoms with Crippen molar-refractivity contribution in [3.05, 3.63) is 76.3 Å². The van der Waals surface area contributed by atoms with Crippen LogP contribution in [0.4, 0.5) is 5.82 Å². The maximum atomic E-state index is 13.0. The van der Waals surface area contributed by atoms with Gasteiger partial charge >= 0.3 is 5.97 Å². The van der Waals surface area contributed by atoms with Crippen molar-refractivity contribution in [2.75, 3.05) is 31.1 Å². The molecule has 4 rings (SSSR count). The number of ether oxygens (including phenoxy) is 2. The highest BCUT2D eigenvalue weighted by molar-refractivity contribution is 5.73. The summed E-state index contributed by atoms with van der Waals surface area (Å²) in [6, 6.07) is 17.0. The maximum Gasteiger partial charge on any atom is 0.309 e. The first-order chi connectivity index (χ1) is 21.0. The average molecular weight is 600 g/mol. The standard InChI is InChI=1S/C38H53N3O3/c1-9-23-41(24-20-31(26(2)3)37(42)44-38(6,7)8)35-15-11-14-34(40-35)33-13-10-12-27(4)36(33)43-25-30-17-16-29-18-21-39-22-19-32(29)28(30)5/h10-17,26,31,39H,9,18-25H2,1-8H3. The van der Waals surface area contributed by atoms with Gasteiger partial charge in [-0.2, -0.15) is 0 Å². The highest BCUT2D eigenvalue weighted by atomic mass is 16.6. The van der Waals surface area contributed by atoms with Crippen LogP contribution in [-0.2, 0) is 29.0 Å². The monoisotopic (exact) mass is 599 g/mol. The van der Waals surface area contributed by atoms with Crippen LogP contribution in [0, 0.1) is 25.7 Å². The van der Waals surface area contributed by atoms with Gasteiger partial charge in [-0.1, -0.05) is 51.1 Å². The number of fused-ring (bicyclic) bond motifs is 1. The van der Waals surface area contributed by atoms with Crippen molar-refractivity contribution >= 4 is 11.8 Å². The second-order valence-corrected chi connectivity index (χ2v) is 13.5. The fraction of sp³-hybridized carbons (Fsp3) is 0.526. The Morgan fingerprint density at radius 1 is 1.00 bits per heavy atom. The number of rotatable bonds is 12. The quantitative estimate of drug-likeness (QED) is 0.214. The molecule has 2 aromatic carbocycles. The fourth-order valence-electron chi connectivity index (χ4n) is 6.11. The molecule has 1 unspecified atom stereocenters. The summed E-state index contributed by atoms with van der Waals surface area (Å²) in [6.45, 7) is 20.7. The molecule has 6 nitrogen and oxygen atoms in total. The van der Waals surface area contributed by atoms with Crippen LogP contribution in [0.2, 0.25) is 0 Å². The van der Waals surface area contributed by atoms with Crippen molar-refractivity contribution in [3.8, 4) is 17.0 Å². The van der Waals surface area contributed by atoms with Crippen LogP contribution in [0.3, 0.4) is 0 Å². The lowest BCUT2D eigenvalue weighted by molar-refractivity contribution is -0.161. The molecule has 1 aliphatic heterocycles. The number of anilines is 1. The number of nitrogens with one attached hydrogen (secondary N) is 1. The third-order valence-electron chi connectivity index (χ3n) is 8.57. The predicted octanol–water partition coefficient (Wildman–Crippen LogP) is 7.85. The van der Waals surface area contributed by atoms with Gasteiger partial charge in [-0.15, -0.1) is 0 Å². The summed E-state index contributed by atoms with van der Waals surface area (Å²) in [7, 11) is 0. The van der Waals surface area contributed by atoms with E-state index in [1.54, 1.807) is 0 Å². The molecule has 0 spiro atoms. The molecule has 44 heavy (non-hydrogen) atoms. The summed E-state index contributed by atoms with van der Waals surface area (Å²) in [6.07, 6.45) is 3.84. The number of benzene rings is 2. The lowest BCUT2D eigenvalue weighted by atomic mass is 9.92. The zero-order chi connectivity index (χ0) is 31.9. The first kappa shape index (κ1) is 33.5. The summed E-state index contributed by atoms with van der Waals surface area (Å²) in [5.41, 5.74) is 7.99. The van der Waals surface area contributed by atoms with Crippen molar-refractivity contribution in [1.82, 2.24) is 10.3 Å². The van der Waals surface area contributed by atoms with E-state index in [0.29, 0.717) is 13.0 Å². The van der Waals surface area contributed by atoms with Crippen LogP contribution in [0.5, 0.6) is 5.75 Å². The SMILES string of the molecule is CCCN(CCC(C(=O)OC(C)(C)C)C(C)C)c1cccc(-c2cccc(C)c2OCc2ccc3c(c2C)CCNCC3)n1. The molecule has 0 bridgehead atoms. The second-order valence-electron chi connectivity index (χ2n) is 13.5. The molecule has 0 fully saturated rings. The number of nitrogens with zero attached hydrogens (tertiary/aromatic N) is 2. The molecule has 3 aromatic rings. The highest BCUT2D eigenvalue weighted by Gasteiger charge is 2.28.